The highest BCUT2D eigenvalue weighted by Gasteiger charge is 2.47. The fourth-order valence-electron chi connectivity index (χ4n) is 4.09. The Hall–Kier alpha value is -2.33. The van der Waals surface area contributed by atoms with Gasteiger partial charge in [-0.1, -0.05) is 54.8 Å². The summed E-state index contributed by atoms with van der Waals surface area (Å²) in [6, 6.07) is 16.6. The van der Waals surface area contributed by atoms with Crippen LogP contribution in [0.3, 0.4) is 0 Å². The molecule has 2 unspecified atom stereocenters. The molecule has 2 atom stereocenters. The topological polar surface area (TPSA) is 40.6 Å². The maximum atomic E-state index is 13.3. The average Bonchev–Trinajstić information content (AvgIpc) is 2.68. The largest absolute Gasteiger partial charge is 0.331 e. The number of hydrogen-bond acceptors (Lipinski definition) is 2. The summed E-state index contributed by atoms with van der Waals surface area (Å²) in [5.74, 6) is -0.174. The van der Waals surface area contributed by atoms with Gasteiger partial charge in [-0.2, -0.15) is 0 Å². The van der Waals surface area contributed by atoms with Crippen LogP contribution < -0.4 is 4.90 Å². The summed E-state index contributed by atoms with van der Waals surface area (Å²) in [7, 11) is 0. The van der Waals surface area contributed by atoms with E-state index in [0.717, 1.165) is 31.2 Å². The normalized spacial score (nSPS) is 23.1. The summed E-state index contributed by atoms with van der Waals surface area (Å²) >= 11 is 5.98. The van der Waals surface area contributed by atoms with Crippen molar-refractivity contribution in [3.8, 4) is 0 Å². The van der Waals surface area contributed by atoms with Crippen molar-refractivity contribution >= 4 is 29.2 Å². The number of carbonyl (C=O) groups is 2. The standard InChI is InChI=1S/C21H21ClN2O2/c22-16-12-10-15(11-13-16)14-23-19-9-5-4-8-18(19)20(25)24(21(23)26)17-6-2-1-3-7-17/h1-3,6-7,10-13,18-19H,4-5,8-9,14H2. The van der Waals surface area contributed by atoms with Crippen LogP contribution in [0.25, 0.3) is 0 Å². The molecule has 1 saturated carbocycles. The highest BCUT2D eigenvalue weighted by Crippen LogP contribution is 2.37. The number of amides is 3. The number of anilines is 1. The number of benzene rings is 2. The van der Waals surface area contributed by atoms with Crippen molar-refractivity contribution in [2.45, 2.75) is 38.3 Å². The van der Waals surface area contributed by atoms with Gasteiger partial charge in [0.15, 0.2) is 0 Å². The fraction of sp³-hybridized carbons (Fsp3) is 0.333. The lowest BCUT2D eigenvalue weighted by molar-refractivity contribution is -0.126. The number of nitrogens with zero attached hydrogens (tertiary/aromatic N) is 2. The SMILES string of the molecule is O=C1C2CCCCC2N(Cc2ccc(Cl)cc2)C(=O)N1c1ccccc1. The van der Waals surface area contributed by atoms with E-state index in [1.807, 2.05) is 59.5 Å². The smallest absolute Gasteiger partial charge is 0.316 e. The predicted octanol–water partition coefficient (Wildman–Crippen LogP) is 4.87. The van der Waals surface area contributed by atoms with Gasteiger partial charge in [-0.3, -0.25) is 4.79 Å². The van der Waals surface area contributed by atoms with E-state index in [0.29, 0.717) is 17.3 Å². The van der Waals surface area contributed by atoms with Crippen molar-refractivity contribution < 1.29 is 9.59 Å². The minimum atomic E-state index is -0.223. The highest BCUT2D eigenvalue weighted by molar-refractivity contribution is 6.30. The van der Waals surface area contributed by atoms with Crippen LogP contribution in [0.2, 0.25) is 5.02 Å². The van der Waals surface area contributed by atoms with E-state index in [1.165, 1.54) is 4.90 Å². The second-order valence-electron chi connectivity index (χ2n) is 7.00. The highest BCUT2D eigenvalue weighted by atomic mass is 35.5. The van der Waals surface area contributed by atoms with Crippen molar-refractivity contribution in [1.82, 2.24) is 4.90 Å². The third kappa shape index (κ3) is 3.10. The van der Waals surface area contributed by atoms with E-state index in [-0.39, 0.29) is 23.9 Å². The van der Waals surface area contributed by atoms with Gasteiger partial charge in [0.2, 0.25) is 5.91 Å². The summed E-state index contributed by atoms with van der Waals surface area (Å²) in [6.45, 7) is 0.494. The number of halogens is 1. The van der Waals surface area contributed by atoms with Gasteiger partial charge in [-0.15, -0.1) is 0 Å². The molecule has 1 aliphatic heterocycles. The Bertz CT molecular complexity index is 807. The Morgan fingerprint density at radius 2 is 1.62 bits per heavy atom. The molecule has 0 bridgehead atoms. The van der Waals surface area contributed by atoms with Gasteiger partial charge in [0.05, 0.1) is 11.6 Å². The molecule has 3 amide bonds. The molecule has 2 aromatic carbocycles. The summed E-state index contributed by atoms with van der Waals surface area (Å²) < 4.78 is 0. The summed E-state index contributed by atoms with van der Waals surface area (Å²) in [6.07, 6.45) is 3.83. The number of imide groups is 1. The maximum Gasteiger partial charge on any atom is 0.331 e. The molecule has 5 heteroatoms. The van der Waals surface area contributed by atoms with Crippen molar-refractivity contribution in [1.29, 1.82) is 0 Å². The first kappa shape index (κ1) is 17.1. The van der Waals surface area contributed by atoms with E-state index < -0.39 is 0 Å². The van der Waals surface area contributed by atoms with Gasteiger partial charge >= 0.3 is 6.03 Å². The number of carbonyl (C=O) groups excluding carboxylic acids is 2. The number of rotatable bonds is 3. The monoisotopic (exact) mass is 368 g/mol. The first-order chi connectivity index (χ1) is 12.6. The molecule has 1 aliphatic carbocycles. The zero-order valence-corrected chi connectivity index (χ0v) is 15.2. The fourth-order valence-corrected chi connectivity index (χ4v) is 4.21. The van der Waals surface area contributed by atoms with Gasteiger partial charge in [0.1, 0.15) is 0 Å². The minimum Gasteiger partial charge on any atom is -0.316 e. The third-order valence-corrected chi connectivity index (χ3v) is 5.64. The van der Waals surface area contributed by atoms with Gasteiger partial charge in [0, 0.05) is 17.6 Å². The molecule has 134 valence electrons. The molecular formula is C21H21ClN2O2. The Kier molecular flexibility index (Phi) is 4.68. The zero-order chi connectivity index (χ0) is 18.1. The number of fused-ring (bicyclic) bond motifs is 1. The first-order valence-corrected chi connectivity index (χ1v) is 9.47. The van der Waals surface area contributed by atoms with E-state index >= 15 is 0 Å². The van der Waals surface area contributed by atoms with Crippen LogP contribution in [0.4, 0.5) is 10.5 Å². The molecule has 0 spiro atoms. The minimum absolute atomic E-state index is 0.0145. The average molecular weight is 369 g/mol. The summed E-state index contributed by atoms with van der Waals surface area (Å²) in [4.78, 5) is 29.6. The van der Waals surface area contributed by atoms with E-state index in [9.17, 15) is 9.59 Å². The maximum absolute atomic E-state index is 13.3. The lowest BCUT2D eigenvalue weighted by atomic mass is 9.81. The first-order valence-electron chi connectivity index (χ1n) is 9.09. The lowest BCUT2D eigenvalue weighted by Crippen LogP contribution is -2.62. The Balaban J connectivity index is 1.69. The van der Waals surface area contributed by atoms with Gasteiger partial charge in [-0.25, -0.2) is 9.69 Å². The second-order valence-corrected chi connectivity index (χ2v) is 7.44. The quantitative estimate of drug-likeness (QED) is 0.775. The lowest BCUT2D eigenvalue weighted by Gasteiger charge is -2.46. The van der Waals surface area contributed by atoms with E-state index in [4.69, 9.17) is 11.6 Å². The number of hydrogen-bond donors (Lipinski definition) is 0. The van der Waals surface area contributed by atoms with Crippen LogP contribution >= 0.6 is 11.6 Å². The van der Waals surface area contributed by atoms with Crippen LogP contribution in [0, 0.1) is 5.92 Å². The molecular weight excluding hydrogens is 348 g/mol. The Morgan fingerprint density at radius 3 is 2.35 bits per heavy atom. The van der Waals surface area contributed by atoms with Crippen molar-refractivity contribution in [2.75, 3.05) is 4.90 Å². The number of urea groups is 1. The molecule has 1 heterocycles. The molecule has 2 aromatic rings. The second kappa shape index (κ2) is 7.12. The van der Waals surface area contributed by atoms with Crippen molar-refractivity contribution in [3.05, 3.63) is 65.2 Å². The van der Waals surface area contributed by atoms with Crippen molar-refractivity contribution in [2.24, 2.45) is 5.92 Å². The molecule has 1 saturated heterocycles. The van der Waals surface area contributed by atoms with E-state index in [2.05, 4.69) is 0 Å². The molecule has 4 rings (SSSR count). The van der Waals surface area contributed by atoms with Gasteiger partial charge in [-0.05, 0) is 42.7 Å². The van der Waals surface area contributed by atoms with Crippen molar-refractivity contribution in [3.63, 3.8) is 0 Å². The van der Waals surface area contributed by atoms with E-state index in [1.54, 1.807) is 0 Å². The Morgan fingerprint density at radius 1 is 0.923 bits per heavy atom. The molecule has 2 fully saturated rings. The van der Waals surface area contributed by atoms with Crippen LogP contribution in [0.1, 0.15) is 31.2 Å². The molecule has 0 aromatic heterocycles. The van der Waals surface area contributed by atoms with Crippen LogP contribution in [0.5, 0.6) is 0 Å². The molecule has 4 nitrogen and oxygen atoms in total. The van der Waals surface area contributed by atoms with Gasteiger partial charge in [0.25, 0.3) is 0 Å². The molecule has 0 radical (unpaired) electrons. The molecule has 0 N–H and O–H groups in total. The van der Waals surface area contributed by atoms with Gasteiger partial charge < -0.3 is 4.90 Å². The third-order valence-electron chi connectivity index (χ3n) is 5.38. The van der Waals surface area contributed by atoms with Crippen LogP contribution in [0.15, 0.2) is 54.6 Å². The number of para-hydroxylation sites is 1. The summed E-state index contributed by atoms with van der Waals surface area (Å²) in [5.41, 5.74) is 1.67. The molecule has 26 heavy (non-hydrogen) atoms. The predicted molar refractivity (Wildman–Crippen MR) is 102 cm³/mol. The molecule has 2 aliphatic rings. The Labute approximate surface area is 158 Å². The summed E-state index contributed by atoms with van der Waals surface area (Å²) in [5, 5.41) is 0.676. The van der Waals surface area contributed by atoms with Crippen LogP contribution in [-0.2, 0) is 11.3 Å². The zero-order valence-electron chi connectivity index (χ0n) is 14.5. The van der Waals surface area contributed by atoms with Crippen LogP contribution in [-0.4, -0.2) is 22.9 Å².